The van der Waals surface area contributed by atoms with E-state index in [-0.39, 0.29) is 29.6 Å². The van der Waals surface area contributed by atoms with Gasteiger partial charge in [-0.15, -0.1) is 0 Å². The molecule has 0 heterocycles. The third-order valence-corrected chi connectivity index (χ3v) is 1.25. The normalized spacial score (nSPS) is 15.7. The third kappa shape index (κ3) is 8.94. The summed E-state index contributed by atoms with van der Waals surface area (Å²) in [6.07, 6.45) is -1.27. The van der Waals surface area contributed by atoms with Crippen LogP contribution < -0.4 is 34.5 Å². The van der Waals surface area contributed by atoms with Crippen LogP contribution in [0.5, 0.6) is 0 Å². The van der Waals surface area contributed by atoms with Gasteiger partial charge in [0.15, 0.2) is 0 Å². The van der Waals surface area contributed by atoms with Crippen molar-refractivity contribution < 1.29 is 58.6 Å². The molecule has 0 aliphatic carbocycles. The smallest absolute Gasteiger partial charge is 0.756 e. The second-order valence-corrected chi connectivity index (χ2v) is 2.71. The van der Waals surface area contributed by atoms with Gasteiger partial charge in [0.25, 0.3) is 7.82 Å². The van der Waals surface area contributed by atoms with Gasteiger partial charge >= 0.3 is 29.6 Å². The minimum absolute atomic E-state index is 0. The summed E-state index contributed by atoms with van der Waals surface area (Å²) in [5.41, 5.74) is 0. The Morgan fingerprint density at radius 2 is 1.82 bits per heavy atom. The molecule has 0 aromatic rings. The minimum atomic E-state index is -4.82. The fourth-order valence-corrected chi connectivity index (χ4v) is 0.823. The molecule has 1 atom stereocenters. The summed E-state index contributed by atoms with van der Waals surface area (Å²) in [7, 11) is -4.82. The topological polar surface area (TPSA) is 110 Å². The molecule has 8 heteroatoms. The Morgan fingerprint density at radius 1 is 1.45 bits per heavy atom. The molecule has 0 bridgehead atoms. The van der Waals surface area contributed by atoms with Crippen molar-refractivity contribution in [2.45, 2.75) is 6.10 Å². The van der Waals surface area contributed by atoms with Crippen molar-refractivity contribution in [2.24, 2.45) is 0 Å². The van der Waals surface area contributed by atoms with E-state index in [1.807, 2.05) is 0 Å². The zero-order chi connectivity index (χ0) is 8.20. The molecular weight excluding hydrogens is 186 g/mol. The zero-order valence-corrected chi connectivity index (χ0v) is 8.90. The molecule has 0 aromatic heterocycles. The molecule has 11 heavy (non-hydrogen) atoms. The number of hydrogen-bond acceptors (Lipinski definition) is 5. The van der Waals surface area contributed by atoms with Gasteiger partial charge < -0.3 is 24.5 Å². The first-order chi connectivity index (χ1) is 4.49. The van der Waals surface area contributed by atoms with Crippen LogP contribution in [0, 0.1) is 0 Å². The van der Waals surface area contributed by atoms with Crippen molar-refractivity contribution in [1.82, 2.24) is 0 Å². The minimum Gasteiger partial charge on any atom is -0.756 e. The van der Waals surface area contributed by atoms with Gasteiger partial charge in [0.05, 0.1) is 13.2 Å². The summed E-state index contributed by atoms with van der Waals surface area (Å²) >= 11 is 0. The van der Waals surface area contributed by atoms with Gasteiger partial charge in [-0.3, -0.25) is 4.57 Å². The Balaban J connectivity index is 0. The summed E-state index contributed by atoms with van der Waals surface area (Å²) in [6, 6.07) is 0. The Kier molecular flexibility index (Phi) is 8.64. The van der Waals surface area contributed by atoms with Crippen LogP contribution in [0.2, 0.25) is 0 Å². The standard InChI is InChI=1S/C3H9O6P.Na/c4-1-3(2-5)9-10(6,7)8;/h3-5H,1-2H2,(H2,6,7,8);/q;+1/p-1. The first-order valence-corrected chi connectivity index (χ1v) is 3.93. The molecule has 0 aliphatic heterocycles. The van der Waals surface area contributed by atoms with Gasteiger partial charge in [0.1, 0.15) is 6.10 Å². The van der Waals surface area contributed by atoms with Crippen LogP contribution in [0.4, 0.5) is 0 Å². The third-order valence-electron chi connectivity index (χ3n) is 0.690. The van der Waals surface area contributed by atoms with E-state index >= 15 is 0 Å². The number of phosphoric ester groups is 1. The Morgan fingerprint density at radius 3 is 1.91 bits per heavy atom. The van der Waals surface area contributed by atoms with E-state index in [4.69, 9.17) is 15.1 Å². The number of hydrogen-bond donors (Lipinski definition) is 3. The largest absolute Gasteiger partial charge is 1.00 e. The van der Waals surface area contributed by atoms with E-state index in [1.54, 1.807) is 0 Å². The molecule has 0 saturated carbocycles. The van der Waals surface area contributed by atoms with Gasteiger partial charge in [-0.05, 0) is 0 Å². The number of rotatable bonds is 4. The molecule has 3 N–H and O–H groups in total. The second kappa shape index (κ2) is 6.54. The van der Waals surface area contributed by atoms with Crippen molar-refractivity contribution in [3.63, 3.8) is 0 Å². The van der Waals surface area contributed by atoms with E-state index in [9.17, 15) is 9.46 Å². The predicted molar refractivity (Wildman–Crippen MR) is 28.9 cm³/mol. The second-order valence-electron chi connectivity index (χ2n) is 1.56. The Bertz CT molecular complexity index is 130. The summed E-state index contributed by atoms with van der Waals surface area (Å²) < 4.78 is 13.7. The average Bonchev–Trinajstić information content (AvgIpc) is 1.81. The molecule has 0 spiro atoms. The monoisotopic (exact) mass is 194 g/mol. The van der Waals surface area contributed by atoms with Crippen LogP contribution in [-0.4, -0.2) is 34.4 Å². The van der Waals surface area contributed by atoms with Gasteiger partial charge in [-0.2, -0.15) is 0 Å². The maximum absolute atomic E-state index is 9.90. The van der Waals surface area contributed by atoms with Crippen LogP contribution >= 0.6 is 7.82 Å². The van der Waals surface area contributed by atoms with Gasteiger partial charge in [-0.25, -0.2) is 0 Å². The molecule has 0 amide bonds. The Hall–Kier alpha value is 1.03. The van der Waals surface area contributed by atoms with E-state index in [0.29, 0.717) is 0 Å². The van der Waals surface area contributed by atoms with Crippen LogP contribution in [0.1, 0.15) is 0 Å². The van der Waals surface area contributed by atoms with Gasteiger partial charge in [0.2, 0.25) is 0 Å². The molecule has 0 rings (SSSR count). The van der Waals surface area contributed by atoms with Crippen molar-refractivity contribution in [2.75, 3.05) is 13.2 Å². The van der Waals surface area contributed by atoms with E-state index < -0.39 is 27.1 Å². The van der Waals surface area contributed by atoms with E-state index in [0.717, 1.165) is 0 Å². The molecule has 62 valence electrons. The van der Waals surface area contributed by atoms with E-state index in [2.05, 4.69) is 4.52 Å². The van der Waals surface area contributed by atoms with Crippen molar-refractivity contribution >= 4 is 7.82 Å². The van der Waals surface area contributed by atoms with Crippen molar-refractivity contribution in [3.05, 3.63) is 0 Å². The van der Waals surface area contributed by atoms with Gasteiger partial charge in [0, 0.05) is 0 Å². The molecule has 1 unspecified atom stereocenters. The maximum Gasteiger partial charge on any atom is 1.00 e. The average molecular weight is 194 g/mol. The molecule has 6 nitrogen and oxygen atoms in total. The Labute approximate surface area is 85.7 Å². The van der Waals surface area contributed by atoms with Crippen LogP contribution in [0.25, 0.3) is 0 Å². The van der Waals surface area contributed by atoms with Crippen LogP contribution in [0.15, 0.2) is 0 Å². The van der Waals surface area contributed by atoms with Crippen LogP contribution in [-0.2, 0) is 9.09 Å². The molecule has 0 saturated heterocycles. The fraction of sp³-hybridized carbons (Fsp3) is 1.00. The number of aliphatic hydroxyl groups excluding tert-OH is 2. The summed E-state index contributed by atoms with van der Waals surface area (Å²) in [5, 5.41) is 16.5. The fourth-order valence-electron chi connectivity index (χ4n) is 0.313. The van der Waals surface area contributed by atoms with Gasteiger partial charge in [-0.1, -0.05) is 0 Å². The molecule has 0 fully saturated rings. The predicted octanol–water partition coefficient (Wildman–Crippen LogP) is -5.18. The van der Waals surface area contributed by atoms with Crippen molar-refractivity contribution in [1.29, 1.82) is 0 Å². The first-order valence-electron chi connectivity index (χ1n) is 2.43. The molecule has 0 aromatic carbocycles. The number of aliphatic hydroxyl groups is 2. The molecule has 0 radical (unpaired) electrons. The quantitative estimate of drug-likeness (QED) is 0.305. The summed E-state index contributed by atoms with van der Waals surface area (Å²) in [4.78, 5) is 17.9. The summed E-state index contributed by atoms with van der Waals surface area (Å²) in [6.45, 7) is -1.33. The summed E-state index contributed by atoms with van der Waals surface area (Å²) in [5.74, 6) is 0. The number of phosphoric acid groups is 1. The molecule has 0 aliphatic rings. The molecular formula is C3H8NaO6P. The van der Waals surface area contributed by atoms with Crippen molar-refractivity contribution in [3.8, 4) is 0 Å². The van der Waals surface area contributed by atoms with Crippen LogP contribution in [0.3, 0.4) is 0 Å². The SMILES string of the molecule is O=P([O-])(O)OC(CO)CO.[Na+]. The maximum atomic E-state index is 9.90. The first kappa shape index (κ1) is 14.5. The zero-order valence-electron chi connectivity index (χ0n) is 6.01. The van der Waals surface area contributed by atoms with E-state index in [1.165, 1.54) is 0 Å².